The van der Waals surface area contributed by atoms with E-state index in [1.54, 1.807) is 0 Å². The fraction of sp³-hybridized carbons (Fsp3) is 0.889. The first-order valence-electron chi connectivity index (χ1n) is 4.98. The second-order valence-corrected chi connectivity index (χ2v) is 4.34. The lowest BCUT2D eigenvalue weighted by Gasteiger charge is -2.30. The molecule has 2 aliphatic rings. The van der Waals surface area contributed by atoms with Gasteiger partial charge in [0, 0.05) is 13.0 Å². The van der Waals surface area contributed by atoms with Gasteiger partial charge >= 0.3 is 6.18 Å². The highest BCUT2D eigenvalue weighted by molar-refractivity contribution is 5.80. The van der Waals surface area contributed by atoms with Gasteiger partial charge in [-0.3, -0.25) is 4.79 Å². The van der Waals surface area contributed by atoms with E-state index in [4.69, 9.17) is 5.73 Å². The third kappa shape index (κ3) is 1.51. The SMILES string of the molecule is NCC1CC(=O)N(C2(C(F)(F)F)CC2)C1. The largest absolute Gasteiger partial charge is 0.411 e. The minimum Gasteiger partial charge on any atom is -0.330 e. The summed E-state index contributed by atoms with van der Waals surface area (Å²) in [4.78, 5) is 12.4. The van der Waals surface area contributed by atoms with Crippen molar-refractivity contribution in [1.82, 2.24) is 4.90 Å². The van der Waals surface area contributed by atoms with Crippen LogP contribution in [0.4, 0.5) is 13.2 Å². The van der Waals surface area contributed by atoms with Crippen molar-refractivity contribution in [3.8, 4) is 0 Å². The van der Waals surface area contributed by atoms with Gasteiger partial charge in [0.15, 0.2) is 0 Å². The van der Waals surface area contributed by atoms with Crippen molar-refractivity contribution in [3.05, 3.63) is 0 Å². The molecule has 0 bridgehead atoms. The van der Waals surface area contributed by atoms with Gasteiger partial charge in [0.25, 0.3) is 0 Å². The number of carbonyl (C=O) groups is 1. The van der Waals surface area contributed by atoms with Crippen LogP contribution in [0.1, 0.15) is 19.3 Å². The summed E-state index contributed by atoms with van der Waals surface area (Å²) in [6, 6.07) is 0. The second-order valence-electron chi connectivity index (χ2n) is 4.34. The molecule has 0 aromatic carbocycles. The van der Waals surface area contributed by atoms with E-state index in [1.165, 1.54) is 0 Å². The number of likely N-dealkylation sites (tertiary alicyclic amines) is 1. The van der Waals surface area contributed by atoms with E-state index >= 15 is 0 Å². The third-order valence-corrected chi connectivity index (χ3v) is 3.31. The van der Waals surface area contributed by atoms with Crippen LogP contribution in [0.2, 0.25) is 0 Å². The van der Waals surface area contributed by atoms with Gasteiger partial charge in [-0.2, -0.15) is 13.2 Å². The molecule has 1 amide bonds. The number of halogens is 3. The van der Waals surface area contributed by atoms with Gasteiger partial charge < -0.3 is 10.6 Å². The van der Waals surface area contributed by atoms with Crippen molar-refractivity contribution in [2.75, 3.05) is 13.1 Å². The Morgan fingerprint density at radius 1 is 1.47 bits per heavy atom. The number of nitrogens with zero attached hydrogens (tertiary/aromatic N) is 1. The molecule has 0 aromatic rings. The van der Waals surface area contributed by atoms with E-state index in [1.807, 2.05) is 0 Å². The van der Waals surface area contributed by atoms with E-state index < -0.39 is 17.6 Å². The summed E-state index contributed by atoms with van der Waals surface area (Å²) in [5.41, 5.74) is 3.52. The Balaban J connectivity index is 2.15. The Labute approximate surface area is 85.4 Å². The van der Waals surface area contributed by atoms with E-state index in [2.05, 4.69) is 0 Å². The van der Waals surface area contributed by atoms with Crippen LogP contribution >= 0.6 is 0 Å². The maximum atomic E-state index is 12.7. The zero-order valence-corrected chi connectivity index (χ0v) is 8.18. The maximum Gasteiger partial charge on any atom is 0.411 e. The van der Waals surface area contributed by atoms with E-state index in [-0.39, 0.29) is 38.3 Å². The van der Waals surface area contributed by atoms with Crippen LogP contribution in [0.15, 0.2) is 0 Å². The smallest absolute Gasteiger partial charge is 0.330 e. The molecule has 6 heteroatoms. The van der Waals surface area contributed by atoms with Crippen LogP contribution in [-0.2, 0) is 4.79 Å². The number of amides is 1. The molecule has 3 nitrogen and oxygen atoms in total. The molecule has 86 valence electrons. The average Bonchev–Trinajstić information content (AvgIpc) is 2.85. The van der Waals surface area contributed by atoms with E-state index in [0.717, 1.165) is 4.90 Å². The molecule has 1 heterocycles. The molecule has 1 saturated heterocycles. The number of hydrogen-bond acceptors (Lipinski definition) is 2. The molecule has 1 aliphatic heterocycles. The zero-order chi connectivity index (χ0) is 11.3. The topological polar surface area (TPSA) is 46.3 Å². The summed E-state index contributed by atoms with van der Waals surface area (Å²) < 4.78 is 38.2. The molecule has 2 N–H and O–H groups in total. The molecule has 0 aromatic heterocycles. The highest BCUT2D eigenvalue weighted by Crippen LogP contribution is 2.55. The average molecular weight is 222 g/mol. The van der Waals surface area contributed by atoms with Crippen molar-refractivity contribution in [2.24, 2.45) is 11.7 Å². The Hall–Kier alpha value is -0.780. The lowest BCUT2D eigenvalue weighted by Crippen LogP contribution is -2.49. The van der Waals surface area contributed by atoms with Crippen LogP contribution in [0.25, 0.3) is 0 Å². The number of hydrogen-bond donors (Lipinski definition) is 1. The summed E-state index contributed by atoms with van der Waals surface area (Å²) in [6.45, 7) is 0.436. The summed E-state index contributed by atoms with van der Waals surface area (Å²) >= 11 is 0. The quantitative estimate of drug-likeness (QED) is 0.754. The second kappa shape index (κ2) is 3.10. The normalized spacial score (nSPS) is 29.7. The zero-order valence-electron chi connectivity index (χ0n) is 8.18. The highest BCUT2D eigenvalue weighted by atomic mass is 19.4. The molecule has 1 aliphatic carbocycles. The number of carbonyl (C=O) groups excluding carboxylic acids is 1. The standard InChI is InChI=1S/C9H13F3N2O/c10-9(11,12)8(1-2-8)14-5-6(4-13)3-7(14)15/h6H,1-5,13H2. The fourth-order valence-electron chi connectivity index (χ4n) is 2.18. The van der Waals surface area contributed by atoms with E-state index in [0.29, 0.717) is 0 Å². The molecule has 1 saturated carbocycles. The molecule has 15 heavy (non-hydrogen) atoms. The van der Waals surface area contributed by atoms with Gasteiger partial charge in [-0.15, -0.1) is 0 Å². The minimum atomic E-state index is -4.30. The van der Waals surface area contributed by atoms with Crippen LogP contribution in [-0.4, -0.2) is 35.6 Å². The molecule has 0 spiro atoms. The van der Waals surface area contributed by atoms with Crippen LogP contribution in [0.3, 0.4) is 0 Å². The first-order valence-corrected chi connectivity index (χ1v) is 4.98. The Morgan fingerprint density at radius 3 is 2.40 bits per heavy atom. The van der Waals surface area contributed by atoms with Gasteiger partial charge in [-0.1, -0.05) is 0 Å². The Morgan fingerprint density at radius 2 is 2.07 bits per heavy atom. The highest BCUT2D eigenvalue weighted by Gasteiger charge is 2.68. The van der Waals surface area contributed by atoms with Crippen LogP contribution < -0.4 is 5.73 Å². The monoisotopic (exact) mass is 222 g/mol. The summed E-state index contributed by atoms with van der Waals surface area (Å²) in [5.74, 6) is -0.516. The lowest BCUT2D eigenvalue weighted by molar-refractivity contribution is -0.197. The summed E-state index contributed by atoms with van der Waals surface area (Å²) in [7, 11) is 0. The Bertz CT molecular complexity index is 286. The fourth-order valence-corrected chi connectivity index (χ4v) is 2.18. The predicted octanol–water partition coefficient (Wildman–Crippen LogP) is 0.889. The third-order valence-electron chi connectivity index (χ3n) is 3.31. The van der Waals surface area contributed by atoms with E-state index in [9.17, 15) is 18.0 Å². The first kappa shape index (κ1) is 10.7. The molecular formula is C9H13F3N2O. The van der Waals surface area contributed by atoms with Gasteiger partial charge in [0.05, 0.1) is 0 Å². The number of rotatable bonds is 2. The molecule has 0 radical (unpaired) electrons. The van der Waals surface area contributed by atoms with Gasteiger partial charge in [0.2, 0.25) is 5.91 Å². The lowest BCUT2D eigenvalue weighted by atomic mass is 10.1. The summed E-state index contributed by atoms with van der Waals surface area (Å²) in [5, 5.41) is 0. The van der Waals surface area contributed by atoms with Crippen molar-refractivity contribution in [2.45, 2.75) is 31.0 Å². The predicted molar refractivity (Wildman–Crippen MR) is 46.9 cm³/mol. The molecule has 1 atom stereocenters. The van der Waals surface area contributed by atoms with Crippen molar-refractivity contribution >= 4 is 5.91 Å². The number of alkyl halides is 3. The molecule has 2 fully saturated rings. The van der Waals surface area contributed by atoms with Crippen molar-refractivity contribution in [3.63, 3.8) is 0 Å². The Kier molecular flexibility index (Phi) is 2.22. The van der Waals surface area contributed by atoms with Crippen molar-refractivity contribution < 1.29 is 18.0 Å². The first-order chi connectivity index (χ1) is 6.90. The maximum absolute atomic E-state index is 12.7. The van der Waals surface area contributed by atoms with Gasteiger partial charge in [-0.05, 0) is 25.3 Å². The minimum absolute atomic E-state index is 0.0412. The van der Waals surface area contributed by atoms with Gasteiger partial charge in [0.1, 0.15) is 5.54 Å². The van der Waals surface area contributed by atoms with Crippen LogP contribution in [0, 0.1) is 5.92 Å². The van der Waals surface area contributed by atoms with Crippen molar-refractivity contribution in [1.29, 1.82) is 0 Å². The summed E-state index contributed by atoms with van der Waals surface area (Å²) in [6.07, 6.45) is -4.06. The molecule has 1 unspecified atom stereocenters. The molecular weight excluding hydrogens is 209 g/mol. The van der Waals surface area contributed by atoms with Gasteiger partial charge in [-0.25, -0.2) is 0 Å². The van der Waals surface area contributed by atoms with Crippen LogP contribution in [0.5, 0.6) is 0 Å². The number of nitrogens with two attached hydrogens (primary N) is 1. The molecule has 2 rings (SSSR count).